The van der Waals surface area contributed by atoms with Crippen molar-refractivity contribution in [1.29, 1.82) is 0 Å². The maximum atomic E-state index is 12.7. The van der Waals surface area contributed by atoms with Crippen LogP contribution in [0.15, 0.2) is 18.2 Å². The van der Waals surface area contributed by atoms with Crippen LogP contribution in [-0.2, 0) is 11.0 Å². The summed E-state index contributed by atoms with van der Waals surface area (Å²) in [4.78, 5) is 13.4. The van der Waals surface area contributed by atoms with Crippen LogP contribution in [0.3, 0.4) is 0 Å². The third kappa shape index (κ3) is 4.51. The molecular formula is C15H18ClF3N2O2. The van der Waals surface area contributed by atoms with Crippen LogP contribution in [0.1, 0.15) is 25.3 Å². The molecule has 0 saturated carbocycles. The Bertz CT molecular complexity index is 570. The smallest absolute Gasteiger partial charge is 0.416 e. The van der Waals surface area contributed by atoms with Gasteiger partial charge in [0.15, 0.2) is 0 Å². The summed E-state index contributed by atoms with van der Waals surface area (Å²) in [5.41, 5.74) is 4.75. The quantitative estimate of drug-likeness (QED) is 0.911. The fourth-order valence-electron chi connectivity index (χ4n) is 2.43. The topological polar surface area (TPSA) is 55.6 Å². The van der Waals surface area contributed by atoms with Gasteiger partial charge in [-0.25, -0.2) is 0 Å². The Hall–Kier alpha value is -1.47. The highest BCUT2D eigenvalue weighted by molar-refractivity contribution is 6.32. The zero-order valence-corrected chi connectivity index (χ0v) is 13.3. The van der Waals surface area contributed by atoms with E-state index in [-0.39, 0.29) is 22.8 Å². The number of nitrogens with zero attached hydrogens (tertiary/aromatic N) is 1. The Morgan fingerprint density at radius 3 is 2.52 bits per heavy atom. The van der Waals surface area contributed by atoms with E-state index in [1.165, 1.54) is 6.07 Å². The van der Waals surface area contributed by atoms with Gasteiger partial charge in [-0.05, 0) is 25.1 Å². The van der Waals surface area contributed by atoms with Crippen LogP contribution in [0.2, 0.25) is 5.02 Å². The molecule has 0 bridgehead atoms. The van der Waals surface area contributed by atoms with Crippen molar-refractivity contribution in [2.45, 2.75) is 38.1 Å². The number of rotatable bonds is 3. The molecule has 8 heteroatoms. The minimum atomic E-state index is -4.45. The van der Waals surface area contributed by atoms with Crippen molar-refractivity contribution < 1.29 is 22.7 Å². The number of hydrogen-bond acceptors (Lipinski definition) is 3. The third-order valence-corrected chi connectivity index (χ3v) is 4.01. The van der Waals surface area contributed by atoms with Crippen LogP contribution in [-0.4, -0.2) is 36.0 Å². The lowest BCUT2D eigenvalue weighted by Gasteiger charge is -2.33. The number of likely N-dealkylation sites (tertiary alicyclic amines) is 1. The van der Waals surface area contributed by atoms with Crippen molar-refractivity contribution in [3.8, 4) is 5.75 Å². The van der Waals surface area contributed by atoms with Crippen LogP contribution >= 0.6 is 11.6 Å². The van der Waals surface area contributed by atoms with Crippen molar-refractivity contribution in [2.24, 2.45) is 5.73 Å². The standard InChI is InChI=1S/C15H18ClF3N2O2/c1-9(20)14(22)21-6-4-11(5-7-21)23-13-8-10(15(17,18)19)2-3-12(13)16/h2-3,8-9,11H,4-7,20H2,1H3. The molecule has 0 aliphatic carbocycles. The maximum absolute atomic E-state index is 12.7. The predicted octanol–water partition coefficient (Wildman–Crippen LogP) is 3.08. The first-order chi connectivity index (χ1) is 10.7. The number of carbonyl (C=O) groups excluding carboxylic acids is 1. The third-order valence-electron chi connectivity index (χ3n) is 3.70. The van der Waals surface area contributed by atoms with Crippen LogP contribution in [0, 0.1) is 0 Å². The van der Waals surface area contributed by atoms with Gasteiger partial charge in [0.2, 0.25) is 5.91 Å². The van der Waals surface area contributed by atoms with Crippen molar-refractivity contribution in [1.82, 2.24) is 4.90 Å². The molecule has 1 aromatic rings. The van der Waals surface area contributed by atoms with Crippen LogP contribution in [0.4, 0.5) is 13.2 Å². The fourth-order valence-corrected chi connectivity index (χ4v) is 2.59. The summed E-state index contributed by atoms with van der Waals surface area (Å²) < 4.78 is 43.8. The van der Waals surface area contributed by atoms with Crippen molar-refractivity contribution in [2.75, 3.05) is 13.1 Å². The number of alkyl halides is 3. The molecule has 1 amide bonds. The molecule has 1 unspecified atom stereocenters. The number of benzene rings is 1. The summed E-state index contributed by atoms with van der Waals surface area (Å²) in [6, 6.07) is 2.43. The highest BCUT2D eigenvalue weighted by Crippen LogP contribution is 2.35. The Balaban J connectivity index is 2.00. The lowest BCUT2D eigenvalue weighted by atomic mass is 10.1. The van der Waals surface area contributed by atoms with Crippen molar-refractivity contribution in [3.05, 3.63) is 28.8 Å². The minimum absolute atomic E-state index is 0.0125. The molecule has 1 fully saturated rings. The van der Waals surface area contributed by atoms with Gasteiger partial charge in [-0.2, -0.15) is 13.2 Å². The van der Waals surface area contributed by atoms with Gasteiger partial charge in [0.1, 0.15) is 11.9 Å². The molecule has 0 radical (unpaired) electrons. The summed E-state index contributed by atoms with van der Waals surface area (Å²) in [6.45, 7) is 2.54. The van der Waals surface area contributed by atoms with E-state index in [4.69, 9.17) is 22.1 Å². The molecule has 2 N–H and O–H groups in total. The zero-order valence-electron chi connectivity index (χ0n) is 12.6. The van der Waals surface area contributed by atoms with Crippen LogP contribution in [0.5, 0.6) is 5.75 Å². The second kappa shape index (κ2) is 6.97. The Morgan fingerprint density at radius 2 is 2.00 bits per heavy atom. The summed E-state index contributed by atoms with van der Waals surface area (Å²) in [5.74, 6) is -0.126. The van der Waals surface area contributed by atoms with E-state index in [9.17, 15) is 18.0 Å². The fraction of sp³-hybridized carbons (Fsp3) is 0.533. The number of amides is 1. The largest absolute Gasteiger partial charge is 0.489 e. The molecule has 1 aliphatic rings. The average Bonchev–Trinajstić information content (AvgIpc) is 2.48. The van der Waals surface area contributed by atoms with Gasteiger partial charge in [0, 0.05) is 25.9 Å². The Morgan fingerprint density at radius 1 is 1.39 bits per heavy atom. The maximum Gasteiger partial charge on any atom is 0.416 e. The van der Waals surface area contributed by atoms with Gasteiger partial charge in [-0.15, -0.1) is 0 Å². The molecule has 2 rings (SSSR count). The van der Waals surface area contributed by atoms with Gasteiger partial charge in [-0.3, -0.25) is 4.79 Å². The SMILES string of the molecule is CC(N)C(=O)N1CCC(Oc2cc(C(F)(F)F)ccc2Cl)CC1. The Kier molecular flexibility index (Phi) is 5.41. The lowest BCUT2D eigenvalue weighted by Crippen LogP contribution is -2.47. The molecule has 0 aromatic heterocycles. The molecule has 1 saturated heterocycles. The molecule has 1 atom stereocenters. The molecule has 4 nitrogen and oxygen atoms in total. The molecular weight excluding hydrogens is 333 g/mol. The van der Waals surface area contributed by atoms with Crippen LogP contribution in [0.25, 0.3) is 0 Å². The highest BCUT2D eigenvalue weighted by atomic mass is 35.5. The Labute approximate surface area is 137 Å². The van der Waals surface area contributed by atoms with Crippen LogP contribution < -0.4 is 10.5 Å². The summed E-state index contributed by atoms with van der Waals surface area (Å²) in [6.07, 6.45) is -3.70. The lowest BCUT2D eigenvalue weighted by molar-refractivity contribution is -0.138. The second-order valence-corrected chi connectivity index (χ2v) is 5.98. The highest BCUT2D eigenvalue weighted by Gasteiger charge is 2.32. The number of piperidine rings is 1. The summed E-state index contributed by atoms with van der Waals surface area (Å²) >= 11 is 5.91. The average molecular weight is 351 g/mol. The summed E-state index contributed by atoms with van der Waals surface area (Å²) in [7, 11) is 0. The van der Waals surface area contributed by atoms with Crippen molar-refractivity contribution >= 4 is 17.5 Å². The van der Waals surface area contributed by atoms with Gasteiger partial charge in [0.05, 0.1) is 16.6 Å². The van der Waals surface area contributed by atoms with E-state index < -0.39 is 17.8 Å². The van der Waals surface area contributed by atoms with Gasteiger partial charge in [0.25, 0.3) is 0 Å². The molecule has 1 aromatic carbocycles. The number of halogens is 4. The van der Waals surface area contributed by atoms with E-state index in [1.54, 1.807) is 11.8 Å². The van der Waals surface area contributed by atoms with E-state index in [0.717, 1.165) is 12.1 Å². The molecule has 128 valence electrons. The molecule has 0 spiro atoms. The number of nitrogens with two attached hydrogens (primary N) is 1. The molecule has 1 aliphatic heterocycles. The zero-order chi connectivity index (χ0) is 17.2. The predicted molar refractivity (Wildman–Crippen MR) is 80.3 cm³/mol. The first-order valence-electron chi connectivity index (χ1n) is 7.26. The van der Waals surface area contributed by atoms with Crippen molar-refractivity contribution in [3.63, 3.8) is 0 Å². The first kappa shape index (κ1) is 17.9. The number of carbonyl (C=O) groups is 1. The van der Waals surface area contributed by atoms with E-state index >= 15 is 0 Å². The minimum Gasteiger partial charge on any atom is -0.489 e. The normalized spacial score (nSPS) is 17.9. The molecule has 1 heterocycles. The number of hydrogen-bond donors (Lipinski definition) is 1. The second-order valence-electron chi connectivity index (χ2n) is 5.57. The van der Waals surface area contributed by atoms with E-state index in [0.29, 0.717) is 25.9 Å². The first-order valence-corrected chi connectivity index (χ1v) is 7.64. The van der Waals surface area contributed by atoms with Gasteiger partial charge >= 0.3 is 6.18 Å². The molecule has 23 heavy (non-hydrogen) atoms. The summed E-state index contributed by atoms with van der Waals surface area (Å²) in [5, 5.41) is 0.132. The van der Waals surface area contributed by atoms with E-state index in [2.05, 4.69) is 0 Å². The van der Waals surface area contributed by atoms with Gasteiger partial charge in [-0.1, -0.05) is 11.6 Å². The number of ether oxygens (including phenoxy) is 1. The van der Waals surface area contributed by atoms with Gasteiger partial charge < -0.3 is 15.4 Å². The van der Waals surface area contributed by atoms with E-state index in [1.807, 2.05) is 0 Å². The monoisotopic (exact) mass is 350 g/mol.